The average molecular weight is 447 g/mol. The van der Waals surface area contributed by atoms with Crippen LogP contribution < -0.4 is 14.4 Å². The van der Waals surface area contributed by atoms with Crippen molar-refractivity contribution in [2.75, 3.05) is 25.7 Å². The summed E-state index contributed by atoms with van der Waals surface area (Å²) in [5, 5.41) is 0.299. The zero-order chi connectivity index (χ0) is 22.1. The lowest BCUT2D eigenvalue weighted by molar-refractivity contribution is -0.137. The van der Waals surface area contributed by atoms with Crippen LogP contribution in [0.2, 0.25) is 5.02 Å². The molecule has 2 fully saturated rings. The first-order chi connectivity index (χ1) is 14.9. The Morgan fingerprint density at radius 2 is 1.94 bits per heavy atom. The summed E-state index contributed by atoms with van der Waals surface area (Å²) >= 11 is 6.18. The van der Waals surface area contributed by atoms with Crippen LogP contribution in [-0.2, 0) is 16.1 Å². The van der Waals surface area contributed by atoms with Gasteiger partial charge < -0.3 is 19.3 Å². The summed E-state index contributed by atoms with van der Waals surface area (Å²) in [5.74, 6) is -0.126. The number of rotatable bonds is 7. The topological polar surface area (TPSA) is 59.1 Å². The van der Waals surface area contributed by atoms with E-state index >= 15 is 0 Å². The molecule has 0 radical (unpaired) electrons. The third-order valence-corrected chi connectivity index (χ3v) is 6.17. The van der Waals surface area contributed by atoms with Gasteiger partial charge in [0, 0.05) is 41.3 Å². The first kappa shape index (κ1) is 21.4. The molecule has 1 atom stereocenters. The van der Waals surface area contributed by atoms with Crippen LogP contribution >= 0.6 is 11.6 Å². The van der Waals surface area contributed by atoms with Gasteiger partial charge in [0.05, 0.1) is 26.7 Å². The molecule has 0 spiro atoms. The van der Waals surface area contributed by atoms with Crippen molar-refractivity contribution in [3.8, 4) is 11.5 Å². The standard InChI is InChI=1S/C23H24ClFN2O4/c1-30-20-9-8-16(11-21(20)31-2)26-12-14(10-22(26)28)23(29)27(15-6-7-15)13-17-18(24)4-3-5-19(17)25/h3-5,8-9,11,14-15H,6-7,10,12-13H2,1-2H3. The van der Waals surface area contributed by atoms with Gasteiger partial charge in [-0.15, -0.1) is 0 Å². The molecule has 2 amide bonds. The minimum absolute atomic E-state index is 0.0633. The molecule has 8 heteroatoms. The predicted octanol–water partition coefficient (Wildman–Crippen LogP) is 4.04. The molecule has 2 aromatic rings. The third kappa shape index (κ3) is 4.32. The predicted molar refractivity (Wildman–Crippen MR) is 115 cm³/mol. The molecule has 0 aromatic heterocycles. The van der Waals surface area contributed by atoms with E-state index < -0.39 is 11.7 Å². The van der Waals surface area contributed by atoms with E-state index in [9.17, 15) is 14.0 Å². The number of methoxy groups -OCH3 is 2. The fraction of sp³-hybridized carbons (Fsp3) is 0.391. The van der Waals surface area contributed by atoms with Gasteiger partial charge in [-0.1, -0.05) is 17.7 Å². The summed E-state index contributed by atoms with van der Waals surface area (Å²) in [6.45, 7) is 0.372. The SMILES string of the molecule is COc1ccc(N2CC(C(=O)N(Cc3c(F)cccc3Cl)C3CC3)CC2=O)cc1OC. The number of carbonyl (C=O) groups is 2. The van der Waals surface area contributed by atoms with Gasteiger partial charge in [-0.2, -0.15) is 0 Å². The van der Waals surface area contributed by atoms with Crippen molar-refractivity contribution in [2.45, 2.75) is 31.8 Å². The van der Waals surface area contributed by atoms with Crippen molar-refractivity contribution < 1.29 is 23.5 Å². The van der Waals surface area contributed by atoms with Gasteiger partial charge in [0.15, 0.2) is 11.5 Å². The summed E-state index contributed by atoms with van der Waals surface area (Å²) < 4.78 is 24.9. The Labute approximate surface area is 185 Å². The highest BCUT2D eigenvalue weighted by Crippen LogP contribution is 2.36. The number of hydrogen-bond donors (Lipinski definition) is 0. The first-order valence-electron chi connectivity index (χ1n) is 10.2. The van der Waals surface area contributed by atoms with E-state index in [1.54, 1.807) is 47.2 Å². The Kier molecular flexibility index (Phi) is 6.05. The lowest BCUT2D eigenvalue weighted by Crippen LogP contribution is -2.38. The van der Waals surface area contributed by atoms with Crippen molar-refractivity contribution in [1.29, 1.82) is 0 Å². The van der Waals surface area contributed by atoms with Crippen LogP contribution in [0.3, 0.4) is 0 Å². The van der Waals surface area contributed by atoms with E-state index in [4.69, 9.17) is 21.1 Å². The Morgan fingerprint density at radius 1 is 1.19 bits per heavy atom. The van der Waals surface area contributed by atoms with Gasteiger partial charge >= 0.3 is 0 Å². The molecule has 1 unspecified atom stereocenters. The van der Waals surface area contributed by atoms with Gasteiger partial charge in [0.25, 0.3) is 0 Å². The molecule has 2 aromatic carbocycles. The number of anilines is 1. The lowest BCUT2D eigenvalue weighted by atomic mass is 10.1. The van der Waals surface area contributed by atoms with Crippen molar-refractivity contribution in [3.63, 3.8) is 0 Å². The van der Waals surface area contributed by atoms with E-state index in [-0.39, 0.29) is 37.4 Å². The third-order valence-electron chi connectivity index (χ3n) is 5.81. The van der Waals surface area contributed by atoms with Gasteiger partial charge in [-0.3, -0.25) is 9.59 Å². The van der Waals surface area contributed by atoms with Crippen LogP contribution in [0.15, 0.2) is 36.4 Å². The molecule has 164 valence electrons. The molecule has 1 heterocycles. The van der Waals surface area contributed by atoms with Gasteiger partial charge in [0.1, 0.15) is 5.82 Å². The Balaban J connectivity index is 1.53. The number of carbonyl (C=O) groups excluding carboxylic acids is 2. The summed E-state index contributed by atoms with van der Waals surface area (Å²) in [7, 11) is 3.07. The summed E-state index contributed by atoms with van der Waals surface area (Å²) in [5.41, 5.74) is 0.957. The molecule has 0 N–H and O–H groups in total. The minimum Gasteiger partial charge on any atom is -0.493 e. The van der Waals surface area contributed by atoms with E-state index in [0.717, 1.165) is 12.8 Å². The van der Waals surface area contributed by atoms with Gasteiger partial charge in [-0.25, -0.2) is 4.39 Å². The fourth-order valence-electron chi connectivity index (χ4n) is 3.98. The lowest BCUT2D eigenvalue weighted by Gasteiger charge is -2.26. The summed E-state index contributed by atoms with van der Waals surface area (Å²) in [6, 6.07) is 9.79. The maximum absolute atomic E-state index is 14.3. The van der Waals surface area contributed by atoms with Crippen LogP contribution in [-0.4, -0.2) is 43.5 Å². The average Bonchev–Trinajstić information content (AvgIpc) is 3.53. The Morgan fingerprint density at radius 3 is 2.58 bits per heavy atom. The summed E-state index contributed by atoms with van der Waals surface area (Å²) in [6.07, 6.45) is 1.86. The Bertz CT molecular complexity index is 991. The fourth-order valence-corrected chi connectivity index (χ4v) is 4.20. The highest BCUT2D eigenvalue weighted by atomic mass is 35.5. The Hall–Kier alpha value is -2.80. The maximum Gasteiger partial charge on any atom is 0.228 e. The molecule has 31 heavy (non-hydrogen) atoms. The second-order valence-corrected chi connectivity index (χ2v) is 8.25. The highest BCUT2D eigenvalue weighted by Gasteiger charge is 2.42. The molecule has 2 aliphatic rings. The number of halogens is 2. The van der Waals surface area contributed by atoms with Crippen LogP contribution in [0, 0.1) is 11.7 Å². The molecular formula is C23H24ClFN2O4. The number of nitrogens with zero attached hydrogens (tertiary/aromatic N) is 2. The van der Waals surface area contributed by atoms with E-state index in [2.05, 4.69) is 0 Å². The van der Waals surface area contributed by atoms with Crippen molar-refractivity contribution in [3.05, 3.63) is 52.8 Å². The van der Waals surface area contributed by atoms with Crippen LogP contribution in [0.1, 0.15) is 24.8 Å². The smallest absolute Gasteiger partial charge is 0.228 e. The normalized spacial score (nSPS) is 18.3. The van der Waals surface area contributed by atoms with Crippen molar-refractivity contribution >= 4 is 29.1 Å². The van der Waals surface area contributed by atoms with Crippen LogP contribution in [0.5, 0.6) is 11.5 Å². The number of benzene rings is 2. The van der Waals surface area contributed by atoms with Crippen LogP contribution in [0.4, 0.5) is 10.1 Å². The molecule has 6 nitrogen and oxygen atoms in total. The summed E-state index contributed by atoms with van der Waals surface area (Å²) in [4.78, 5) is 29.3. The molecule has 1 saturated carbocycles. The number of hydrogen-bond acceptors (Lipinski definition) is 4. The largest absolute Gasteiger partial charge is 0.493 e. The second-order valence-electron chi connectivity index (χ2n) is 7.84. The minimum atomic E-state index is -0.494. The molecule has 1 aliphatic heterocycles. The molecule has 1 saturated heterocycles. The molecule has 0 bridgehead atoms. The van der Waals surface area contributed by atoms with Gasteiger partial charge in [0.2, 0.25) is 11.8 Å². The van der Waals surface area contributed by atoms with Crippen molar-refractivity contribution in [1.82, 2.24) is 4.90 Å². The molecule has 4 rings (SSSR count). The van der Waals surface area contributed by atoms with E-state index in [1.807, 2.05) is 0 Å². The zero-order valence-corrected chi connectivity index (χ0v) is 18.2. The zero-order valence-electron chi connectivity index (χ0n) is 17.4. The van der Waals surface area contributed by atoms with Crippen molar-refractivity contribution in [2.24, 2.45) is 5.92 Å². The maximum atomic E-state index is 14.3. The number of ether oxygens (including phenoxy) is 2. The molecule has 1 aliphatic carbocycles. The van der Waals surface area contributed by atoms with Crippen LogP contribution in [0.25, 0.3) is 0 Å². The molecular weight excluding hydrogens is 423 g/mol. The highest BCUT2D eigenvalue weighted by molar-refractivity contribution is 6.31. The first-order valence-corrected chi connectivity index (χ1v) is 10.6. The van der Waals surface area contributed by atoms with E-state index in [0.29, 0.717) is 27.8 Å². The number of amides is 2. The monoisotopic (exact) mass is 446 g/mol. The quantitative estimate of drug-likeness (QED) is 0.644. The second kappa shape index (κ2) is 8.75. The van der Waals surface area contributed by atoms with E-state index in [1.165, 1.54) is 13.2 Å². The van der Waals surface area contributed by atoms with Gasteiger partial charge in [-0.05, 0) is 37.1 Å².